The van der Waals surface area contributed by atoms with Crippen LogP contribution in [0.5, 0.6) is 5.75 Å². The third-order valence-electron chi connectivity index (χ3n) is 9.11. The lowest BCUT2D eigenvalue weighted by molar-refractivity contribution is -0.946. The number of nitrogens with zero attached hydrogens (tertiary/aromatic N) is 1. The zero-order valence-corrected chi connectivity index (χ0v) is 21.0. The highest BCUT2D eigenvalue weighted by Gasteiger charge is 2.60. The molecule has 4 aromatic rings. The van der Waals surface area contributed by atoms with Crippen LogP contribution in [0.4, 0.5) is 0 Å². The lowest BCUT2D eigenvalue weighted by atomic mass is 9.56. The third-order valence-corrected chi connectivity index (χ3v) is 9.11. The van der Waals surface area contributed by atoms with E-state index >= 15 is 0 Å². The molecule has 36 heavy (non-hydrogen) atoms. The first-order chi connectivity index (χ1) is 17.6. The Bertz CT molecular complexity index is 1250. The van der Waals surface area contributed by atoms with Gasteiger partial charge in [-0.05, 0) is 34.0 Å². The van der Waals surface area contributed by atoms with E-state index in [0.717, 1.165) is 75.3 Å². The molecule has 3 nitrogen and oxygen atoms in total. The van der Waals surface area contributed by atoms with Crippen molar-refractivity contribution >= 4 is 10.8 Å². The van der Waals surface area contributed by atoms with Gasteiger partial charge in [0.05, 0.1) is 32.8 Å². The fraction of sp³-hybridized carbons (Fsp3) is 0.333. The molecule has 3 aliphatic heterocycles. The number of ether oxygens (including phenoxy) is 1. The van der Waals surface area contributed by atoms with Gasteiger partial charge in [-0.25, -0.2) is 0 Å². The summed E-state index contributed by atoms with van der Waals surface area (Å²) in [7, 11) is 0. The van der Waals surface area contributed by atoms with Crippen molar-refractivity contribution in [3.05, 3.63) is 114 Å². The summed E-state index contributed by atoms with van der Waals surface area (Å²) in [6.45, 7) is 5.31. The molecule has 0 aromatic heterocycles. The average molecular weight is 479 g/mol. The predicted octanol–water partition coefficient (Wildman–Crippen LogP) is 6.55. The average Bonchev–Trinajstić information content (AvgIpc) is 2.97. The smallest absolute Gasteiger partial charge is 0.121 e. The molecule has 0 aliphatic carbocycles. The number of aliphatic hydroxyl groups is 1. The second kappa shape index (κ2) is 9.38. The van der Waals surface area contributed by atoms with Gasteiger partial charge in [0.25, 0.3) is 0 Å². The first-order valence-electron chi connectivity index (χ1n) is 13.4. The Kier molecular flexibility index (Phi) is 6.07. The highest BCUT2D eigenvalue weighted by atomic mass is 16.5. The Morgan fingerprint density at radius 3 is 1.86 bits per heavy atom. The number of rotatable bonds is 8. The minimum atomic E-state index is -0.953. The van der Waals surface area contributed by atoms with E-state index in [1.54, 1.807) is 0 Å². The largest absolute Gasteiger partial charge is 0.493 e. The van der Waals surface area contributed by atoms with Crippen LogP contribution in [0.3, 0.4) is 0 Å². The molecule has 4 aromatic carbocycles. The van der Waals surface area contributed by atoms with E-state index in [1.165, 1.54) is 15.3 Å². The SMILES string of the molecule is OC(c1ccccc1)(c1ccccc1)C12CC[N+](CCCOc3ccc4ccccc4c3)(CC1)CC2. The molecule has 0 radical (unpaired) electrons. The quantitative estimate of drug-likeness (QED) is 0.230. The van der Waals surface area contributed by atoms with Crippen molar-refractivity contribution in [2.24, 2.45) is 5.41 Å². The number of piperidine rings is 3. The molecular formula is C33H36NO2+. The van der Waals surface area contributed by atoms with Gasteiger partial charge in [0, 0.05) is 31.1 Å². The van der Waals surface area contributed by atoms with Crippen molar-refractivity contribution in [3.63, 3.8) is 0 Å². The highest BCUT2D eigenvalue weighted by molar-refractivity contribution is 5.83. The molecule has 0 unspecified atom stereocenters. The maximum absolute atomic E-state index is 12.5. The van der Waals surface area contributed by atoms with E-state index in [9.17, 15) is 5.11 Å². The van der Waals surface area contributed by atoms with E-state index < -0.39 is 5.60 Å². The van der Waals surface area contributed by atoms with Crippen LogP contribution in [-0.4, -0.2) is 42.4 Å². The lowest BCUT2D eigenvalue weighted by Crippen LogP contribution is -2.66. The second-order valence-electron chi connectivity index (χ2n) is 10.9. The summed E-state index contributed by atoms with van der Waals surface area (Å²) in [5.41, 5.74) is 0.992. The maximum atomic E-state index is 12.5. The molecule has 0 saturated carbocycles. The van der Waals surface area contributed by atoms with Crippen LogP contribution in [0.15, 0.2) is 103 Å². The van der Waals surface area contributed by atoms with Gasteiger partial charge in [0.2, 0.25) is 0 Å². The minimum absolute atomic E-state index is 0.114. The summed E-state index contributed by atoms with van der Waals surface area (Å²) in [4.78, 5) is 0. The van der Waals surface area contributed by atoms with Crippen LogP contribution in [0.1, 0.15) is 36.8 Å². The van der Waals surface area contributed by atoms with E-state index in [0.29, 0.717) is 0 Å². The van der Waals surface area contributed by atoms with Crippen LogP contribution >= 0.6 is 0 Å². The van der Waals surface area contributed by atoms with Crippen LogP contribution < -0.4 is 4.74 Å². The van der Waals surface area contributed by atoms with Crippen LogP contribution in [-0.2, 0) is 5.60 Å². The topological polar surface area (TPSA) is 29.5 Å². The van der Waals surface area contributed by atoms with Gasteiger partial charge in [-0.15, -0.1) is 0 Å². The van der Waals surface area contributed by atoms with Gasteiger partial charge in [0.15, 0.2) is 0 Å². The molecule has 3 heteroatoms. The van der Waals surface area contributed by atoms with Crippen LogP contribution in [0.2, 0.25) is 0 Å². The summed E-state index contributed by atoms with van der Waals surface area (Å²) in [6.07, 6.45) is 4.22. The number of quaternary nitrogens is 1. The van der Waals surface area contributed by atoms with Gasteiger partial charge >= 0.3 is 0 Å². The number of benzene rings is 4. The summed E-state index contributed by atoms with van der Waals surface area (Å²) in [6, 6.07) is 35.5. The van der Waals surface area contributed by atoms with Crippen molar-refractivity contribution in [3.8, 4) is 5.75 Å². The highest BCUT2D eigenvalue weighted by Crippen LogP contribution is 2.57. The Hall–Kier alpha value is -3.14. The second-order valence-corrected chi connectivity index (χ2v) is 10.9. The zero-order chi connectivity index (χ0) is 24.5. The normalized spacial score (nSPS) is 23.6. The van der Waals surface area contributed by atoms with Gasteiger partial charge < -0.3 is 14.3 Å². The molecule has 0 amide bonds. The Balaban J connectivity index is 1.13. The molecule has 184 valence electrons. The molecule has 0 spiro atoms. The fourth-order valence-corrected chi connectivity index (χ4v) is 6.93. The molecule has 1 N–H and O–H groups in total. The van der Waals surface area contributed by atoms with Gasteiger partial charge in [-0.1, -0.05) is 91.0 Å². The van der Waals surface area contributed by atoms with Crippen LogP contribution in [0.25, 0.3) is 10.8 Å². The summed E-state index contributed by atoms with van der Waals surface area (Å²) < 4.78 is 7.32. The van der Waals surface area contributed by atoms with E-state index in [2.05, 4.69) is 91.0 Å². The predicted molar refractivity (Wildman–Crippen MR) is 146 cm³/mol. The monoisotopic (exact) mass is 478 g/mol. The fourth-order valence-electron chi connectivity index (χ4n) is 6.93. The number of fused-ring (bicyclic) bond motifs is 4. The molecule has 7 rings (SSSR count). The standard InChI is InChI=1S/C33H36NO2/c35-33(29-12-3-1-4-13-29,30-14-5-2-6-15-30)32-18-22-34(23-19-32,24-20-32)21-9-25-36-31-17-16-27-10-7-8-11-28(27)26-31/h1-8,10-17,26,35H,9,18-25H2/q+1. The number of hydrogen-bond donors (Lipinski definition) is 1. The van der Waals surface area contributed by atoms with Crippen molar-refractivity contribution in [2.75, 3.05) is 32.8 Å². The van der Waals surface area contributed by atoms with Gasteiger partial charge in [-0.2, -0.15) is 0 Å². The number of hydrogen-bond acceptors (Lipinski definition) is 2. The first kappa shape index (κ1) is 23.3. The third kappa shape index (κ3) is 4.01. The summed E-state index contributed by atoms with van der Waals surface area (Å²) in [5, 5.41) is 15.0. The maximum Gasteiger partial charge on any atom is 0.121 e. The minimum Gasteiger partial charge on any atom is -0.493 e. The van der Waals surface area contributed by atoms with E-state index in [4.69, 9.17) is 4.74 Å². The molecular weight excluding hydrogens is 442 g/mol. The van der Waals surface area contributed by atoms with Crippen LogP contribution in [0, 0.1) is 5.41 Å². The van der Waals surface area contributed by atoms with Gasteiger partial charge in [-0.3, -0.25) is 0 Å². The van der Waals surface area contributed by atoms with Gasteiger partial charge in [0.1, 0.15) is 11.4 Å². The van der Waals surface area contributed by atoms with Crippen molar-refractivity contribution in [1.29, 1.82) is 0 Å². The molecule has 3 fully saturated rings. The summed E-state index contributed by atoms with van der Waals surface area (Å²) in [5.74, 6) is 0.959. The molecule has 3 aliphatic rings. The molecule has 0 atom stereocenters. The molecule has 3 saturated heterocycles. The van der Waals surface area contributed by atoms with Crippen molar-refractivity contribution < 1.29 is 14.3 Å². The van der Waals surface area contributed by atoms with Crippen molar-refractivity contribution in [2.45, 2.75) is 31.3 Å². The first-order valence-corrected chi connectivity index (χ1v) is 13.4. The lowest BCUT2D eigenvalue weighted by Gasteiger charge is -2.60. The zero-order valence-electron chi connectivity index (χ0n) is 21.0. The molecule has 2 bridgehead atoms. The molecule has 3 heterocycles. The summed E-state index contributed by atoms with van der Waals surface area (Å²) >= 11 is 0. The van der Waals surface area contributed by atoms with Crippen molar-refractivity contribution in [1.82, 2.24) is 0 Å². The Morgan fingerprint density at radius 1 is 0.694 bits per heavy atom. The van der Waals surface area contributed by atoms with E-state index in [-0.39, 0.29) is 5.41 Å². The van der Waals surface area contributed by atoms with E-state index in [1.807, 2.05) is 12.1 Å². The Labute approximate surface area is 214 Å². The Morgan fingerprint density at radius 2 is 1.25 bits per heavy atom.